The molecule has 1 N–H and O–H groups in total. The summed E-state index contributed by atoms with van der Waals surface area (Å²) in [6.45, 7) is 2.70. The molecule has 0 unspecified atom stereocenters. The predicted molar refractivity (Wildman–Crippen MR) is 49.1 cm³/mol. The number of nitrogens with zero attached hydrogens (tertiary/aromatic N) is 3. The highest BCUT2D eigenvalue weighted by atomic mass is 16.3. The first kappa shape index (κ1) is 8.72. The van der Waals surface area contributed by atoms with Crippen molar-refractivity contribution in [3.63, 3.8) is 0 Å². The van der Waals surface area contributed by atoms with E-state index in [-0.39, 0.29) is 6.10 Å². The van der Waals surface area contributed by atoms with E-state index in [0.717, 1.165) is 26.1 Å². The Morgan fingerprint density at radius 3 is 3.08 bits per heavy atom. The number of aliphatic hydroxyl groups is 1. The van der Waals surface area contributed by atoms with Crippen LogP contribution in [-0.4, -0.2) is 39.0 Å². The number of aliphatic hydroxyl groups excluding tert-OH is 1. The summed E-state index contributed by atoms with van der Waals surface area (Å²) >= 11 is 0. The van der Waals surface area contributed by atoms with E-state index in [1.807, 2.05) is 24.1 Å². The zero-order valence-electron chi connectivity index (χ0n) is 7.85. The Balaban J connectivity index is 1.91. The number of hydrogen-bond donors (Lipinski definition) is 1. The van der Waals surface area contributed by atoms with Gasteiger partial charge in [-0.15, -0.1) is 0 Å². The maximum absolute atomic E-state index is 9.32. The summed E-state index contributed by atoms with van der Waals surface area (Å²) in [5.74, 6) is 0. The highest BCUT2D eigenvalue weighted by molar-refractivity contribution is 5.03. The van der Waals surface area contributed by atoms with Crippen LogP contribution in [0.5, 0.6) is 0 Å². The molecule has 0 amide bonds. The van der Waals surface area contributed by atoms with Gasteiger partial charge in [0.05, 0.1) is 12.3 Å². The summed E-state index contributed by atoms with van der Waals surface area (Å²) in [6.07, 6.45) is 4.67. The van der Waals surface area contributed by atoms with Crippen LogP contribution in [0.15, 0.2) is 12.4 Å². The Labute approximate surface area is 77.8 Å². The van der Waals surface area contributed by atoms with Crippen LogP contribution >= 0.6 is 0 Å². The highest BCUT2D eigenvalue weighted by Crippen LogP contribution is 2.12. The van der Waals surface area contributed by atoms with Crippen molar-refractivity contribution in [2.45, 2.75) is 19.1 Å². The summed E-state index contributed by atoms with van der Waals surface area (Å²) in [7, 11) is 1.92. The summed E-state index contributed by atoms with van der Waals surface area (Å²) in [5.41, 5.74) is 1.22. The molecule has 4 nitrogen and oxygen atoms in total. The van der Waals surface area contributed by atoms with Crippen LogP contribution in [-0.2, 0) is 13.6 Å². The van der Waals surface area contributed by atoms with Crippen molar-refractivity contribution in [3.05, 3.63) is 18.0 Å². The van der Waals surface area contributed by atoms with Gasteiger partial charge in [-0.05, 0) is 6.42 Å². The van der Waals surface area contributed by atoms with Gasteiger partial charge in [0.2, 0.25) is 0 Å². The molecule has 2 heterocycles. The molecule has 4 heteroatoms. The fourth-order valence-electron chi connectivity index (χ4n) is 1.77. The van der Waals surface area contributed by atoms with Crippen LogP contribution in [0.1, 0.15) is 12.0 Å². The van der Waals surface area contributed by atoms with Crippen molar-refractivity contribution >= 4 is 0 Å². The minimum absolute atomic E-state index is 0.128. The molecule has 13 heavy (non-hydrogen) atoms. The van der Waals surface area contributed by atoms with E-state index < -0.39 is 0 Å². The Hall–Kier alpha value is -0.870. The zero-order valence-corrected chi connectivity index (χ0v) is 7.85. The minimum Gasteiger partial charge on any atom is -0.392 e. The number of aryl methyl sites for hydroxylation is 1. The van der Waals surface area contributed by atoms with Gasteiger partial charge in [0.1, 0.15) is 0 Å². The lowest BCUT2D eigenvalue weighted by Gasteiger charge is -2.12. The van der Waals surface area contributed by atoms with Crippen molar-refractivity contribution in [2.75, 3.05) is 13.1 Å². The average Bonchev–Trinajstić information content (AvgIpc) is 2.62. The Bertz CT molecular complexity index is 284. The molecule has 1 fully saturated rings. The summed E-state index contributed by atoms with van der Waals surface area (Å²) in [6, 6.07) is 0. The smallest absolute Gasteiger partial charge is 0.0679 e. The predicted octanol–water partition coefficient (Wildman–Crippen LogP) is -0.0133. The Morgan fingerprint density at radius 1 is 1.69 bits per heavy atom. The van der Waals surface area contributed by atoms with E-state index >= 15 is 0 Å². The topological polar surface area (TPSA) is 41.3 Å². The molecule has 0 saturated carbocycles. The molecule has 1 aliphatic rings. The van der Waals surface area contributed by atoms with E-state index in [1.54, 1.807) is 0 Å². The van der Waals surface area contributed by atoms with Crippen molar-refractivity contribution in [2.24, 2.45) is 7.05 Å². The van der Waals surface area contributed by atoms with E-state index in [0.29, 0.717) is 0 Å². The molecule has 1 saturated heterocycles. The normalized spacial score (nSPS) is 24.0. The van der Waals surface area contributed by atoms with Gasteiger partial charge in [-0.25, -0.2) is 0 Å². The lowest BCUT2D eigenvalue weighted by molar-refractivity contribution is 0.175. The molecule has 0 aromatic carbocycles. The number of rotatable bonds is 2. The number of hydrogen-bond acceptors (Lipinski definition) is 3. The van der Waals surface area contributed by atoms with Crippen LogP contribution < -0.4 is 0 Å². The Kier molecular flexibility index (Phi) is 2.33. The van der Waals surface area contributed by atoms with Crippen molar-refractivity contribution in [1.82, 2.24) is 14.7 Å². The number of likely N-dealkylation sites (tertiary alicyclic amines) is 1. The van der Waals surface area contributed by atoms with E-state index in [4.69, 9.17) is 0 Å². The largest absolute Gasteiger partial charge is 0.392 e. The first-order chi connectivity index (χ1) is 6.24. The highest BCUT2D eigenvalue weighted by Gasteiger charge is 2.20. The first-order valence-corrected chi connectivity index (χ1v) is 4.62. The molecule has 1 aromatic heterocycles. The van der Waals surface area contributed by atoms with Gasteiger partial charge in [0, 0.05) is 38.4 Å². The van der Waals surface area contributed by atoms with Gasteiger partial charge >= 0.3 is 0 Å². The average molecular weight is 181 g/mol. The molecule has 0 spiro atoms. The SMILES string of the molecule is Cn1cc(CN2CC[C@H](O)C2)cn1. The van der Waals surface area contributed by atoms with E-state index in [9.17, 15) is 5.11 Å². The molecule has 0 aliphatic carbocycles. The quantitative estimate of drug-likeness (QED) is 0.697. The van der Waals surface area contributed by atoms with Gasteiger partial charge in [-0.3, -0.25) is 9.58 Å². The number of β-amino-alcohol motifs (C(OH)–C–C–N with tert-alkyl or cyclic N) is 1. The van der Waals surface area contributed by atoms with Gasteiger partial charge in [-0.2, -0.15) is 5.10 Å². The van der Waals surface area contributed by atoms with Crippen LogP contribution in [0, 0.1) is 0 Å². The zero-order chi connectivity index (χ0) is 9.26. The summed E-state index contributed by atoms with van der Waals surface area (Å²) in [5, 5.41) is 13.4. The molecule has 1 atom stereocenters. The maximum atomic E-state index is 9.32. The van der Waals surface area contributed by atoms with Crippen molar-refractivity contribution in [1.29, 1.82) is 0 Å². The van der Waals surface area contributed by atoms with Gasteiger partial charge in [0.15, 0.2) is 0 Å². The molecule has 1 aromatic rings. The molecule has 72 valence electrons. The minimum atomic E-state index is -0.128. The third-order valence-corrected chi connectivity index (χ3v) is 2.41. The third kappa shape index (κ3) is 2.08. The first-order valence-electron chi connectivity index (χ1n) is 4.62. The molecule has 0 bridgehead atoms. The Morgan fingerprint density at radius 2 is 2.54 bits per heavy atom. The molecule has 1 aliphatic heterocycles. The van der Waals surface area contributed by atoms with Gasteiger partial charge in [0.25, 0.3) is 0 Å². The monoisotopic (exact) mass is 181 g/mol. The lowest BCUT2D eigenvalue weighted by Crippen LogP contribution is -2.21. The second-order valence-electron chi connectivity index (χ2n) is 3.70. The standard InChI is InChI=1S/C9H15N3O/c1-11-5-8(4-10-11)6-12-3-2-9(13)7-12/h4-5,9,13H,2-3,6-7H2,1H3/t9-/m0/s1. The summed E-state index contributed by atoms with van der Waals surface area (Å²) in [4.78, 5) is 2.25. The van der Waals surface area contributed by atoms with Crippen LogP contribution in [0.3, 0.4) is 0 Å². The second-order valence-corrected chi connectivity index (χ2v) is 3.70. The van der Waals surface area contributed by atoms with Crippen LogP contribution in [0.2, 0.25) is 0 Å². The van der Waals surface area contributed by atoms with E-state index in [2.05, 4.69) is 10.00 Å². The van der Waals surface area contributed by atoms with Crippen molar-refractivity contribution in [3.8, 4) is 0 Å². The van der Waals surface area contributed by atoms with Crippen LogP contribution in [0.4, 0.5) is 0 Å². The van der Waals surface area contributed by atoms with E-state index in [1.165, 1.54) is 5.56 Å². The third-order valence-electron chi connectivity index (χ3n) is 2.41. The van der Waals surface area contributed by atoms with Gasteiger partial charge in [-0.1, -0.05) is 0 Å². The molecule has 2 rings (SSSR count). The molecule has 0 radical (unpaired) electrons. The van der Waals surface area contributed by atoms with Gasteiger partial charge < -0.3 is 5.11 Å². The fourth-order valence-corrected chi connectivity index (χ4v) is 1.77. The molecular weight excluding hydrogens is 166 g/mol. The maximum Gasteiger partial charge on any atom is 0.0679 e. The lowest BCUT2D eigenvalue weighted by atomic mass is 10.3. The molecular formula is C9H15N3O. The van der Waals surface area contributed by atoms with Crippen molar-refractivity contribution < 1.29 is 5.11 Å². The second kappa shape index (κ2) is 3.47. The number of aromatic nitrogens is 2. The van der Waals surface area contributed by atoms with Crippen LogP contribution in [0.25, 0.3) is 0 Å². The fraction of sp³-hybridized carbons (Fsp3) is 0.667. The summed E-state index contributed by atoms with van der Waals surface area (Å²) < 4.78 is 1.81.